The Morgan fingerprint density at radius 2 is 1.84 bits per heavy atom. The van der Waals surface area contributed by atoms with Crippen LogP contribution < -0.4 is 0 Å². The van der Waals surface area contributed by atoms with E-state index in [0.717, 1.165) is 30.5 Å². The zero-order chi connectivity index (χ0) is 22.0. The Labute approximate surface area is 186 Å². The van der Waals surface area contributed by atoms with Crippen LogP contribution in [0.1, 0.15) is 42.4 Å². The lowest BCUT2D eigenvalue weighted by molar-refractivity contribution is -0.0553. The number of hydrogen-bond acceptors (Lipinski definition) is 4. The number of allylic oxidation sites excluding steroid dienone is 1. The van der Waals surface area contributed by atoms with E-state index in [1.807, 2.05) is 26.0 Å². The van der Waals surface area contributed by atoms with Gasteiger partial charge in [-0.15, -0.1) is 0 Å². The van der Waals surface area contributed by atoms with Gasteiger partial charge in [0.05, 0.1) is 11.5 Å². The molecule has 0 unspecified atom stereocenters. The van der Waals surface area contributed by atoms with E-state index in [0.29, 0.717) is 18.0 Å². The average Bonchev–Trinajstić information content (AvgIpc) is 2.74. The van der Waals surface area contributed by atoms with Gasteiger partial charge in [0.1, 0.15) is 0 Å². The van der Waals surface area contributed by atoms with E-state index >= 15 is 0 Å². The van der Waals surface area contributed by atoms with Gasteiger partial charge in [-0.1, -0.05) is 48.6 Å². The van der Waals surface area contributed by atoms with Crippen molar-refractivity contribution in [2.45, 2.75) is 49.6 Å². The second kappa shape index (κ2) is 9.25. The molecule has 0 bridgehead atoms. The average molecular weight is 441 g/mol. The van der Waals surface area contributed by atoms with Crippen LogP contribution >= 0.6 is 0 Å². The fourth-order valence-electron chi connectivity index (χ4n) is 5.07. The summed E-state index contributed by atoms with van der Waals surface area (Å²) in [6.45, 7) is 5.89. The highest BCUT2D eigenvalue weighted by Crippen LogP contribution is 2.42. The fraction of sp³-hybridized carbons (Fsp3) is 0.440. The van der Waals surface area contributed by atoms with Gasteiger partial charge in [0.25, 0.3) is 0 Å². The third kappa shape index (κ3) is 4.35. The van der Waals surface area contributed by atoms with Gasteiger partial charge in [-0.2, -0.15) is 4.31 Å². The molecule has 166 valence electrons. The fourth-order valence-corrected chi connectivity index (χ4v) is 6.68. The number of aryl methyl sites for hydroxylation is 1. The van der Waals surface area contributed by atoms with Crippen LogP contribution in [0.2, 0.25) is 0 Å². The molecule has 0 spiro atoms. The van der Waals surface area contributed by atoms with Crippen molar-refractivity contribution in [3.63, 3.8) is 0 Å². The van der Waals surface area contributed by atoms with Crippen molar-refractivity contribution in [2.24, 2.45) is 0 Å². The third-order valence-corrected chi connectivity index (χ3v) is 8.50. The summed E-state index contributed by atoms with van der Waals surface area (Å²) in [6.07, 6.45) is 5.83. The van der Waals surface area contributed by atoms with Gasteiger partial charge in [0.15, 0.2) is 0 Å². The lowest BCUT2D eigenvalue weighted by atomic mass is 9.74. The molecule has 31 heavy (non-hydrogen) atoms. The van der Waals surface area contributed by atoms with Crippen LogP contribution in [0.4, 0.5) is 0 Å². The molecule has 2 aliphatic heterocycles. The summed E-state index contributed by atoms with van der Waals surface area (Å²) in [4.78, 5) is 2.67. The zero-order valence-corrected chi connectivity index (χ0v) is 19.1. The van der Waals surface area contributed by atoms with E-state index in [1.165, 1.54) is 5.56 Å². The number of aliphatic hydroxyl groups excluding tert-OH is 1. The molecule has 5 nitrogen and oxygen atoms in total. The second-order valence-corrected chi connectivity index (χ2v) is 10.6. The molecule has 6 heteroatoms. The van der Waals surface area contributed by atoms with Crippen molar-refractivity contribution in [3.8, 4) is 0 Å². The molecule has 0 amide bonds. The van der Waals surface area contributed by atoms with Crippen LogP contribution in [0.25, 0.3) is 6.08 Å². The van der Waals surface area contributed by atoms with Gasteiger partial charge in [-0.3, -0.25) is 4.90 Å². The number of rotatable bonds is 5. The van der Waals surface area contributed by atoms with Crippen LogP contribution in [0.3, 0.4) is 0 Å². The summed E-state index contributed by atoms with van der Waals surface area (Å²) in [7, 11) is -3.56. The molecule has 3 atom stereocenters. The van der Waals surface area contributed by atoms with Gasteiger partial charge in [-0.05, 0) is 62.1 Å². The van der Waals surface area contributed by atoms with Gasteiger partial charge < -0.3 is 5.11 Å². The van der Waals surface area contributed by atoms with E-state index in [-0.39, 0.29) is 24.6 Å². The molecule has 0 radical (unpaired) electrons. The molecule has 1 N–H and O–H groups in total. The maximum Gasteiger partial charge on any atom is 0.243 e. The van der Waals surface area contributed by atoms with E-state index in [4.69, 9.17) is 0 Å². The van der Waals surface area contributed by atoms with Crippen molar-refractivity contribution in [2.75, 3.05) is 26.2 Å². The molecule has 2 saturated heterocycles. The Morgan fingerprint density at radius 1 is 1.10 bits per heavy atom. The van der Waals surface area contributed by atoms with Crippen LogP contribution in [0.5, 0.6) is 0 Å². The number of hydrogen-bond donors (Lipinski definition) is 1. The summed E-state index contributed by atoms with van der Waals surface area (Å²) in [6, 6.07) is 15.7. The molecule has 0 saturated carbocycles. The molecular weight excluding hydrogens is 408 g/mol. The van der Waals surface area contributed by atoms with E-state index in [2.05, 4.69) is 35.2 Å². The number of benzene rings is 2. The van der Waals surface area contributed by atoms with E-state index < -0.39 is 10.0 Å². The Morgan fingerprint density at radius 3 is 2.52 bits per heavy atom. The van der Waals surface area contributed by atoms with E-state index in [1.54, 1.807) is 22.5 Å². The van der Waals surface area contributed by atoms with Gasteiger partial charge in [0.2, 0.25) is 10.0 Å². The molecule has 0 aliphatic carbocycles. The minimum absolute atomic E-state index is 0.0409. The largest absolute Gasteiger partial charge is 0.395 e. The third-order valence-electron chi connectivity index (χ3n) is 6.64. The quantitative estimate of drug-likeness (QED) is 0.771. The normalized spacial score (nSPS) is 25.6. The molecule has 2 aliphatic rings. The smallest absolute Gasteiger partial charge is 0.243 e. The topological polar surface area (TPSA) is 60.9 Å². The van der Waals surface area contributed by atoms with Crippen molar-refractivity contribution in [1.82, 2.24) is 9.21 Å². The van der Waals surface area contributed by atoms with Crippen LogP contribution in [0.15, 0.2) is 59.5 Å². The first-order valence-corrected chi connectivity index (χ1v) is 12.6. The van der Waals surface area contributed by atoms with Crippen molar-refractivity contribution < 1.29 is 13.5 Å². The highest BCUT2D eigenvalue weighted by molar-refractivity contribution is 7.89. The lowest BCUT2D eigenvalue weighted by Gasteiger charge is -2.57. The molecular formula is C25H32N2O3S. The molecule has 2 aromatic rings. The number of aliphatic hydroxyl groups is 1. The van der Waals surface area contributed by atoms with Crippen LogP contribution in [-0.2, 0) is 10.0 Å². The summed E-state index contributed by atoms with van der Waals surface area (Å²) in [5, 5.41) is 10.1. The Hall–Kier alpha value is -1.99. The highest BCUT2D eigenvalue weighted by atomic mass is 32.2. The maximum absolute atomic E-state index is 13.4. The lowest BCUT2D eigenvalue weighted by Crippen LogP contribution is -2.67. The van der Waals surface area contributed by atoms with Gasteiger partial charge in [0, 0.05) is 31.1 Å². The molecule has 4 rings (SSSR count). The Kier molecular flexibility index (Phi) is 6.63. The van der Waals surface area contributed by atoms with Crippen molar-refractivity contribution in [3.05, 3.63) is 71.3 Å². The number of nitrogens with zero attached hydrogens (tertiary/aromatic N) is 2. The summed E-state index contributed by atoms with van der Waals surface area (Å²) in [5.74, 6) is 0.123. The standard InChI is InChI=1S/C25H32N2O3S/c1-3-7-20-10-12-21(13-11-20)25-23-17-26(14-4-5-15-27(23)24(25)18-28)31(29,30)22-9-6-8-19(2)16-22/h3,6-13,16,23-25,28H,4-5,14-15,17-18H2,1-2H3/b7-3+/t23-,24+,25-/m0/s1. The first-order chi connectivity index (χ1) is 15.0. The Balaban J connectivity index is 1.63. The SMILES string of the molecule is C/C=C/c1ccc([C@@H]2[C@@H](CO)N3CCCCN(S(=O)(=O)c4cccc(C)c4)C[C@@H]23)cc1. The zero-order valence-electron chi connectivity index (χ0n) is 18.3. The van der Waals surface area contributed by atoms with Crippen molar-refractivity contribution in [1.29, 1.82) is 0 Å². The van der Waals surface area contributed by atoms with Gasteiger partial charge >= 0.3 is 0 Å². The first-order valence-electron chi connectivity index (χ1n) is 11.1. The molecule has 2 heterocycles. The summed E-state index contributed by atoms with van der Waals surface area (Å²) < 4.78 is 28.5. The number of sulfonamides is 1. The van der Waals surface area contributed by atoms with Crippen LogP contribution in [0, 0.1) is 6.92 Å². The number of fused-ring (bicyclic) bond motifs is 1. The maximum atomic E-state index is 13.4. The monoisotopic (exact) mass is 440 g/mol. The van der Waals surface area contributed by atoms with Crippen LogP contribution in [-0.4, -0.2) is 61.1 Å². The predicted molar refractivity (Wildman–Crippen MR) is 124 cm³/mol. The minimum Gasteiger partial charge on any atom is -0.395 e. The summed E-state index contributed by atoms with van der Waals surface area (Å²) in [5.41, 5.74) is 3.25. The summed E-state index contributed by atoms with van der Waals surface area (Å²) >= 11 is 0. The minimum atomic E-state index is -3.56. The highest BCUT2D eigenvalue weighted by Gasteiger charge is 2.50. The molecule has 2 fully saturated rings. The van der Waals surface area contributed by atoms with Gasteiger partial charge in [-0.25, -0.2) is 8.42 Å². The predicted octanol–water partition coefficient (Wildman–Crippen LogP) is 3.64. The molecule has 2 aromatic carbocycles. The Bertz CT molecular complexity index is 1030. The molecule has 0 aromatic heterocycles. The first kappa shape index (κ1) is 22.2. The van der Waals surface area contributed by atoms with Crippen molar-refractivity contribution >= 4 is 16.1 Å². The van der Waals surface area contributed by atoms with E-state index in [9.17, 15) is 13.5 Å². The second-order valence-electron chi connectivity index (χ2n) is 8.63.